The zero-order chi connectivity index (χ0) is 16.7. The van der Waals surface area contributed by atoms with Crippen molar-refractivity contribution in [2.45, 2.75) is 61.4 Å². The number of rotatable bonds is 6. The summed E-state index contributed by atoms with van der Waals surface area (Å²) in [5.41, 5.74) is 0. The highest BCUT2D eigenvalue weighted by Crippen LogP contribution is 1.99. The van der Waals surface area contributed by atoms with Gasteiger partial charge in [0.05, 0.1) is 0 Å². The maximum atomic E-state index is 10.3. The van der Waals surface area contributed by atoms with Crippen LogP contribution in [0.25, 0.3) is 0 Å². The Balaban J connectivity index is -0.0000000692. The van der Waals surface area contributed by atoms with E-state index in [0.717, 1.165) is 0 Å². The molecule has 0 bridgehead atoms. The number of hydrogen-bond acceptors (Lipinski definition) is 6. The standard InChI is InChI=1S/C6H11NO3.C4H6O.C2H5NO2.2CH4/c1-5(7(9)10)3-4-6(2)8;1-3-4(2)5;1-2-3(4)5;;/h5H,3-4H2,1-2H3;3H,1H2,2H3;2H2,1H3;2*1H4. The molecule has 1 atom stereocenters. The first-order valence-electron chi connectivity index (χ1n) is 5.96. The molecule has 0 saturated carbocycles. The van der Waals surface area contributed by atoms with Gasteiger partial charge in [-0.2, -0.15) is 0 Å². The van der Waals surface area contributed by atoms with Crippen molar-refractivity contribution in [2.24, 2.45) is 0 Å². The summed E-state index contributed by atoms with van der Waals surface area (Å²) in [6.45, 7) is 9.14. The lowest BCUT2D eigenvalue weighted by atomic mass is 10.1. The van der Waals surface area contributed by atoms with Crippen molar-refractivity contribution in [3.05, 3.63) is 32.9 Å². The molecule has 8 nitrogen and oxygen atoms in total. The summed E-state index contributed by atoms with van der Waals surface area (Å²) in [4.78, 5) is 38.5. The second-order valence-corrected chi connectivity index (χ2v) is 3.84. The Morgan fingerprint density at radius 3 is 1.64 bits per heavy atom. The minimum atomic E-state index is -0.594. The van der Waals surface area contributed by atoms with Crippen LogP contribution in [0.4, 0.5) is 0 Å². The summed E-state index contributed by atoms with van der Waals surface area (Å²) >= 11 is 0. The first-order chi connectivity index (χ1) is 9.08. The van der Waals surface area contributed by atoms with E-state index in [0.29, 0.717) is 12.8 Å². The van der Waals surface area contributed by atoms with Gasteiger partial charge < -0.3 is 4.79 Å². The molecule has 8 heteroatoms. The van der Waals surface area contributed by atoms with Gasteiger partial charge in [0.1, 0.15) is 5.78 Å². The van der Waals surface area contributed by atoms with Crippen LogP contribution in [0, 0.1) is 20.2 Å². The van der Waals surface area contributed by atoms with Crippen LogP contribution in [0.5, 0.6) is 0 Å². The summed E-state index contributed by atoms with van der Waals surface area (Å²) in [6.07, 6.45) is 1.93. The molecule has 0 N–H and O–H groups in total. The fraction of sp³-hybridized carbons (Fsp3) is 0.714. The van der Waals surface area contributed by atoms with Gasteiger partial charge in [0.2, 0.25) is 12.6 Å². The van der Waals surface area contributed by atoms with Crippen molar-refractivity contribution >= 4 is 11.6 Å². The summed E-state index contributed by atoms with van der Waals surface area (Å²) in [5, 5.41) is 19.2. The molecular formula is C14H30N2O6. The molecular weight excluding hydrogens is 292 g/mol. The number of ketones is 2. The third kappa shape index (κ3) is 43.0. The average Bonchev–Trinajstić information content (AvgIpc) is 2.36. The van der Waals surface area contributed by atoms with E-state index >= 15 is 0 Å². The van der Waals surface area contributed by atoms with E-state index in [9.17, 15) is 29.8 Å². The molecule has 0 amide bonds. The second kappa shape index (κ2) is 21.2. The smallest absolute Gasteiger partial charge is 0.210 e. The SMILES string of the molecule is C.C.C=CC(C)=O.CC(=O)CCC(C)[N+](=O)[O-].CC[N+](=O)[O-]. The van der Waals surface area contributed by atoms with Gasteiger partial charge in [-0.05, 0) is 19.9 Å². The van der Waals surface area contributed by atoms with E-state index in [1.807, 2.05) is 0 Å². The van der Waals surface area contributed by atoms with E-state index < -0.39 is 6.04 Å². The van der Waals surface area contributed by atoms with Gasteiger partial charge in [-0.25, -0.2) is 0 Å². The van der Waals surface area contributed by atoms with Crippen LogP contribution >= 0.6 is 0 Å². The topological polar surface area (TPSA) is 120 Å². The number of nitro groups is 2. The minimum Gasteiger partial charge on any atom is -0.300 e. The number of allylic oxidation sites excluding steroid dienone is 1. The van der Waals surface area contributed by atoms with Crippen molar-refractivity contribution in [2.75, 3.05) is 6.54 Å². The largest absolute Gasteiger partial charge is 0.300 e. The predicted octanol–water partition coefficient (Wildman–Crippen LogP) is 3.34. The van der Waals surface area contributed by atoms with Crippen molar-refractivity contribution < 1.29 is 19.4 Å². The van der Waals surface area contributed by atoms with Gasteiger partial charge >= 0.3 is 0 Å². The lowest BCUT2D eigenvalue weighted by Gasteiger charge is -1.99. The molecule has 22 heavy (non-hydrogen) atoms. The van der Waals surface area contributed by atoms with Crippen LogP contribution in [0.2, 0.25) is 0 Å². The Morgan fingerprint density at radius 1 is 1.18 bits per heavy atom. The van der Waals surface area contributed by atoms with E-state index in [1.165, 1.54) is 33.8 Å². The molecule has 0 aromatic carbocycles. The highest BCUT2D eigenvalue weighted by atomic mass is 16.6. The Morgan fingerprint density at radius 2 is 1.50 bits per heavy atom. The summed E-state index contributed by atoms with van der Waals surface area (Å²) in [5.74, 6) is 0.0266. The molecule has 0 aliphatic rings. The predicted molar refractivity (Wildman–Crippen MR) is 88.2 cm³/mol. The lowest BCUT2D eigenvalue weighted by Crippen LogP contribution is -2.15. The minimum absolute atomic E-state index is 0. The molecule has 0 aliphatic heterocycles. The Hall–Kier alpha value is -2.12. The highest BCUT2D eigenvalue weighted by molar-refractivity contribution is 5.86. The zero-order valence-corrected chi connectivity index (χ0v) is 12.3. The van der Waals surface area contributed by atoms with E-state index in [-0.39, 0.29) is 42.8 Å². The summed E-state index contributed by atoms with van der Waals surface area (Å²) in [6, 6.07) is -0.594. The highest BCUT2D eigenvalue weighted by Gasteiger charge is 2.12. The third-order valence-electron chi connectivity index (χ3n) is 1.82. The van der Waals surface area contributed by atoms with Gasteiger partial charge in [0.25, 0.3) is 0 Å². The van der Waals surface area contributed by atoms with Gasteiger partial charge in [0, 0.05) is 36.5 Å². The van der Waals surface area contributed by atoms with Crippen molar-refractivity contribution in [3.63, 3.8) is 0 Å². The monoisotopic (exact) mass is 322 g/mol. The molecule has 0 saturated heterocycles. The maximum Gasteiger partial charge on any atom is 0.210 e. The number of carbonyl (C=O) groups is 2. The number of carbonyl (C=O) groups excluding carboxylic acids is 2. The first kappa shape index (κ1) is 32.0. The average molecular weight is 322 g/mol. The van der Waals surface area contributed by atoms with Gasteiger partial charge in [-0.1, -0.05) is 21.4 Å². The van der Waals surface area contributed by atoms with Gasteiger partial charge in [-0.3, -0.25) is 25.0 Å². The quantitative estimate of drug-likeness (QED) is 0.420. The molecule has 0 fully saturated rings. The van der Waals surface area contributed by atoms with Gasteiger partial charge in [0.15, 0.2) is 5.78 Å². The van der Waals surface area contributed by atoms with Crippen molar-refractivity contribution in [3.8, 4) is 0 Å². The van der Waals surface area contributed by atoms with Crippen LogP contribution in [0.15, 0.2) is 12.7 Å². The molecule has 0 radical (unpaired) electrons. The fourth-order valence-electron chi connectivity index (χ4n) is 0.518. The molecule has 0 rings (SSSR count). The molecule has 1 unspecified atom stereocenters. The fourth-order valence-corrected chi connectivity index (χ4v) is 0.518. The van der Waals surface area contributed by atoms with Crippen LogP contribution in [0.1, 0.15) is 55.4 Å². The Labute approximate surface area is 132 Å². The number of Topliss-reactive ketones (excluding diaryl/α,β-unsaturated/α-hetero) is 1. The second-order valence-electron chi connectivity index (χ2n) is 3.84. The van der Waals surface area contributed by atoms with Crippen molar-refractivity contribution in [1.29, 1.82) is 0 Å². The van der Waals surface area contributed by atoms with Crippen LogP contribution < -0.4 is 0 Å². The Kier molecular flexibility index (Phi) is 30.8. The first-order valence-corrected chi connectivity index (χ1v) is 5.96. The third-order valence-corrected chi connectivity index (χ3v) is 1.82. The summed E-state index contributed by atoms with van der Waals surface area (Å²) < 4.78 is 0. The van der Waals surface area contributed by atoms with E-state index in [1.54, 1.807) is 0 Å². The van der Waals surface area contributed by atoms with E-state index in [4.69, 9.17) is 0 Å². The Bertz CT molecular complexity index is 342. The number of nitrogens with zero attached hydrogens (tertiary/aromatic N) is 2. The maximum absolute atomic E-state index is 10.3. The molecule has 132 valence electrons. The van der Waals surface area contributed by atoms with Crippen LogP contribution in [0.3, 0.4) is 0 Å². The van der Waals surface area contributed by atoms with Gasteiger partial charge in [-0.15, -0.1) is 0 Å². The van der Waals surface area contributed by atoms with Crippen molar-refractivity contribution in [1.82, 2.24) is 0 Å². The molecule has 0 aliphatic carbocycles. The number of hydrogen-bond donors (Lipinski definition) is 0. The van der Waals surface area contributed by atoms with Crippen LogP contribution in [-0.4, -0.2) is 34.0 Å². The molecule has 0 heterocycles. The van der Waals surface area contributed by atoms with Crippen LogP contribution in [-0.2, 0) is 9.59 Å². The molecule has 0 aromatic heterocycles. The lowest BCUT2D eigenvalue weighted by molar-refractivity contribution is -0.518. The van der Waals surface area contributed by atoms with E-state index in [2.05, 4.69) is 6.58 Å². The zero-order valence-electron chi connectivity index (χ0n) is 12.3. The summed E-state index contributed by atoms with van der Waals surface area (Å²) in [7, 11) is 0. The molecule has 0 spiro atoms. The molecule has 0 aromatic rings. The normalized spacial score (nSPS) is 8.91.